The van der Waals surface area contributed by atoms with Crippen LogP contribution in [0.25, 0.3) is 21.1 Å². The number of fused-ring (bicyclic) bond motifs is 2. The van der Waals surface area contributed by atoms with E-state index in [0.717, 1.165) is 79.2 Å². The fourth-order valence-electron chi connectivity index (χ4n) is 11.5. The molecule has 3 saturated heterocycles. The summed E-state index contributed by atoms with van der Waals surface area (Å²) in [6.07, 6.45) is -13.6. The molecule has 3 aliphatic heterocycles. The Morgan fingerprint density at radius 2 is 1.33 bits per heavy atom. The minimum atomic E-state index is -4.77. The maximum atomic E-state index is 15.0. The van der Waals surface area contributed by atoms with E-state index in [2.05, 4.69) is 46.3 Å². The van der Waals surface area contributed by atoms with Crippen LogP contribution in [0.15, 0.2) is 66.7 Å². The van der Waals surface area contributed by atoms with Crippen molar-refractivity contribution in [1.29, 1.82) is 0 Å². The number of methoxy groups -OCH3 is 1. The number of nitrogens with zero attached hydrogens (tertiary/aromatic N) is 4. The third kappa shape index (κ3) is 22.1. The average Bonchev–Trinajstić information content (AvgIpc) is 1.58. The van der Waals surface area contributed by atoms with Crippen LogP contribution in [0, 0.1) is 5.92 Å². The van der Waals surface area contributed by atoms with Gasteiger partial charge in [0.2, 0.25) is 35.4 Å². The summed E-state index contributed by atoms with van der Waals surface area (Å²) in [6.45, 7) is 0.325. The quantitative estimate of drug-likeness (QED) is 0.0253. The average molecular weight is 1440 g/mol. The molecule has 16 atom stereocenters. The van der Waals surface area contributed by atoms with Gasteiger partial charge < -0.3 is 112 Å². The topological polar surface area (TPSA) is 535 Å². The number of aliphatic hydroxyl groups excluding tert-OH is 10. The van der Waals surface area contributed by atoms with Gasteiger partial charge in [0, 0.05) is 81.8 Å². The summed E-state index contributed by atoms with van der Waals surface area (Å²) in [5.41, 5.74) is 1.23. The minimum absolute atomic E-state index is 0.0196. The van der Waals surface area contributed by atoms with Crippen molar-refractivity contribution < 1.29 is 117 Å². The second kappa shape index (κ2) is 36.8. The van der Waals surface area contributed by atoms with E-state index in [1.165, 1.54) is 30.4 Å². The van der Waals surface area contributed by atoms with Gasteiger partial charge in [-0.1, -0.05) is 55.7 Å². The second-order valence-corrected chi connectivity index (χ2v) is 26.9. The lowest BCUT2D eigenvalue weighted by atomic mass is 9.98. The van der Waals surface area contributed by atoms with Crippen LogP contribution in [0.5, 0.6) is 17.2 Å². The number of rotatable bonds is 28. The van der Waals surface area contributed by atoms with Gasteiger partial charge in [0.05, 0.1) is 55.9 Å². The predicted octanol–water partition coefficient (Wildman–Crippen LogP) is -2.93. The Hall–Kier alpha value is -7.34. The van der Waals surface area contributed by atoms with Crippen molar-refractivity contribution in [2.24, 2.45) is 5.92 Å². The van der Waals surface area contributed by atoms with E-state index in [1.54, 1.807) is 19.2 Å². The molecule has 7 amide bonds. The molecule has 1 unspecified atom stereocenters. The van der Waals surface area contributed by atoms with E-state index in [1.807, 2.05) is 24.3 Å². The van der Waals surface area contributed by atoms with E-state index in [0.29, 0.717) is 27.9 Å². The summed E-state index contributed by atoms with van der Waals surface area (Å²) < 4.78 is 44.4. The molecule has 0 radical (unpaired) electrons. The number of β-amino-alcohol motifs (C(OH)–C–C–N with tert-alkyl or cyclic N) is 1. The Bertz CT molecular complexity index is 3330. The number of hydrogen-bond acceptors (Lipinski definition) is 28. The Kier molecular flexibility index (Phi) is 29.4. The van der Waals surface area contributed by atoms with Gasteiger partial charge in [-0.3, -0.25) is 47.2 Å². The second-order valence-electron chi connectivity index (χ2n) is 24.8. The molecule has 3 fully saturated rings. The molecule has 1 aromatic heterocycles. The molecule has 4 aromatic rings. The van der Waals surface area contributed by atoms with Gasteiger partial charge in [0.15, 0.2) is 11.5 Å². The van der Waals surface area contributed by atoms with Gasteiger partial charge in [-0.25, -0.2) is 0 Å². The molecule has 0 bridgehead atoms. The van der Waals surface area contributed by atoms with E-state index >= 15 is 4.79 Å². The molecule has 3 aromatic carbocycles. The van der Waals surface area contributed by atoms with Crippen molar-refractivity contribution in [3.63, 3.8) is 0 Å². The zero-order valence-electron chi connectivity index (χ0n) is 54.6. The normalized spacial score (nSPS) is 25.1. The third-order valence-electron chi connectivity index (χ3n) is 17.0. The Morgan fingerprint density at radius 1 is 0.717 bits per heavy atom. The SMILES string of the molecule is COCCCCCCCOc1ccc(-c2nnc(-c3ccc(C(=O)NC4C[C@@H](O)CNC(=O)[C@@H]5[C@@H](O)[C@@H](C)CN5C(=O)[C@H]([C@H](O)CCNC[C@H](O)[C@H](O)[C@H](O)CO)NC(=O)[C@H]([C@H](O)Cc5ccc(O)c(OS(O)(O)O)c5)NC(=O)[C@@H]5C[C@@H](O)CN5C(=O)[C@H]([C@@H](C)O)NC4=O)cc3)s2)cc1. The summed E-state index contributed by atoms with van der Waals surface area (Å²) in [5.74, 6) is -10.1. The first-order chi connectivity index (χ1) is 47.0. The number of unbranched alkanes of at least 4 members (excludes halogenated alkanes) is 4. The molecule has 3 aliphatic rings. The maximum Gasteiger partial charge on any atom is 0.266 e. The molecule has 34 nitrogen and oxygen atoms in total. The highest BCUT2D eigenvalue weighted by Crippen LogP contribution is 2.41. The number of aromatic nitrogens is 2. The van der Waals surface area contributed by atoms with Crippen LogP contribution < -0.4 is 40.8 Å². The summed E-state index contributed by atoms with van der Waals surface area (Å²) in [6, 6.07) is 4.47. The fraction of sp³-hybridized carbons (Fsp3) is 0.571. The van der Waals surface area contributed by atoms with Gasteiger partial charge in [0.1, 0.15) is 64.2 Å². The number of phenols is 1. The molecule has 0 spiro atoms. The molecule has 36 heteroatoms. The highest BCUT2D eigenvalue weighted by molar-refractivity contribution is 8.15. The molecular weight excluding hydrogens is 1340 g/mol. The fourth-order valence-corrected chi connectivity index (χ4v) is 12.8. The van der Waals surface area contributed by atoms with Gasteiger partial charge in [-0.05, 0) is 86.8 Å². The van der Waals surface area contributed by atoms with E-state index in [9.17, 15) is 98.6 Å². The van der Waals surface area contributed by atoms with Crippen LogP contribution in [0.3, 0.4) is 0 Å². The third-order valence-corrected chi connectivity index (χ3v) is 18.5. The van der Waals surface area contributed by atoms with Crippen LogP contribution in [-0.4, -0.2) is 282 Å². The standard InChI is InChI=1S/C63H90N10O24S2/c1-32-29-73-52(53(32)83)59(89)65-27-38(76)25-41(66-55(85)35-10-12-36(13-11-35)60-70-71-61(98-60)37-14-16-40(17-15-37)96-22-8-6-4-5-7-21-95-3)56(86)67-49(33(2)75)62(90)72-30-39(77)26-42(72)57(87)68-50(45(80)23-34-9-18-43(78)48(24-34)97-99(92,93)94)58(88)69-51(63(73)91)44(79)19-20-64-28-46(81)54(84)47(82)31-74/h9-18,24,32-33,38-39,41-42,44-47,49-54,64,74-84,92-94H,4-8,19-23,25-31H2,1-3H3,(H,65,89)(H,66,85)(H,67,86)(H,68,87)(H,69,88)/t32-,33+,38+,39+,41?,42-,44+,45+,46-,47+,49-,50-,51-,52-,53-,54-/m0/s1. The number of amides is 7. The van der Waals surface area contributed by atoms with Crippen molar-refractivity contribution in [3.05, 3.63) is 77.9 Å². The van der Waals surface area contributed by atoms with Crippen molar-refractivity contribution in [2.45, 2.75) is 163 Å². The molecule has 99 heavy (non-hydrogen) atoms. The highest BCUT2D eigenvalue weighted by atomic mass is 32.3. The summed E-state index contributed by atoms with van der Waals surface area (Å²) in [4.78, 5) is 104. The molecule has 0 aliphatic carbocycles. The first-order valence-corrected chi connectivity index (χ1v) is 34.5. The Balaban J connectivity index is 1.17. The minimum Gasteiger partial charge on any atom is -0.504 e. The van der Waals surface area contributed by atoms with Crippen LogP contribution >= 0.6 is 22.5 Å². The van der Waals surface area contributed by atoms with E-state index in [-0.39, 0.29) is 17.7 Å². The Labute approximate surface area is 575 Å². The largest absolute Gasteiger partial charge is 0.504 e. The van der Waals surface area contributed by atoms with Crippen LogP contribution in [0.4, 0.5) is 0 Å². The monoisotopic (exact) mass is 1430 g/mol. The van der Waals surface area contributed by atoms with Crippen molar-refractivity contribution in [1.82, 2.24) is 51.9 Å². The highest BCUT2D eigenvalue weighted by Gasteiger charge is 2.50. The number of carbonyl (C=O) groups excluding carboxylic acids is 7. The van der Waals surface area contributed by atoms with Crippen LogP contribution in [0.1, 0.15) is 81.1 Å². The number of aliphatic hydroxyl groups is 10. The smallest absolute Gasteiger partial charge is 0.266 e. The number of nitrogens with one attached hydrogen (secondary N) is 6. The van der Waals surface area contributed by atoms with Crippen LogP contribution in [0.2, 0.25) is 0 Å². The van der Waals surface area contributed by atoms with E-state index < -0.39 is 220 Å². The van der Waals surface area contributed by atoms with Crippen LogP contribution in [-0.2, 0) is 39.9 Å². The molecule has 548 valence electrons. The number of benzene rings is 3. The zero-order valence-corrected chi connectivity index (χ0v) is 56.2. The predicted molar refractivity (Wildman–Crippen MR) is 353 cm³/mol. The van der Waals surface area contributed by atoms with Gasteiger partial charge >= 0.3 is 0 Å². The van der Waals surface area contributed by atoms with Crippen molar-refractivity contribution in [3.8, 4) is 38.4 Å². The number of aromatic hydroxyl groups is 1. The van der Waals surface area contributed by atoms with Gasteiger partial charge in [-0.15, -0.1) is 10.2 Å². The molecule has 0 saturated carbocycles. The first kappa shape index (κ1) is 79.0. The first-order valence-electron chi connectivity index (χ1n) is 32.2. The summed E-state index contributed by atoms with van der Waals surface area (Å²) in [5, 5.41) is 144. The summed E-state index contributed by atoms with van der Waals surface area (Å²) >= 11 is -3.49. The number of phenolic OH excluding ortho intramolecular Hbond substituents is 1. The maximum absolute atomic E-state index is 15.0. The van der Waals surface area contributed by atoms with Crippen molar-refractivity contribution >= 4 is 63.8 Å². The Morgan fingerprint density at radius 3 is 1.97 bits per heavy atom. The lowest BCUT2D eigenvalue weighted by Crippen LogP contribution is -2.64. The summed E-state index contributed by atoms with van der Waals surface area (Å²) in [7, 11) is 1.69. The molecule has 7 rings (SSSR count). The van der Waals surface area contributed by atoms with E-state index in [4.69, 9.17) is 9.47 Å². The number of hydrogen-bond donors (Lipinski definition) is 20. The van der Waals surface area contributed by atoms with Gasteiger partial charge in [0.25, 0.3) is 17.1 Å². The lowest BCUT2D eigenvalue weighted by molar-refractivity contribution is -0.147. The zero-order chi connectivity index (χ0) is 72.4. The van der Waals surface area contributed by atoms with Gasteiger partial charge in [-0.2, -0.15) is 0 Å². The molecular formula is C63H90N10O24S2. The number of carbonyl (C=O) groups is 7. The lowest BCUT2D eigenvalue weighted by Gasteiger charge is -2.34. The molecule has 4 heterocycles. The molecule has 20 N–H and O–H groups in total. The van der Waals surface area contributed by atoms with Crippen molar-refractivity contribution in [2.75, 3.05) is 59.7 Å². The number of ether oxygens (including phenoxy) is 2.